The topological polar surface area (TPSA) is 96.4 Å². The number of likely N-dealkylation sites (tertiary alicyclic amines) is 1. The zero-order chi connectivity index (χ0) is 23.8. The molecular weight excluding hydrogens is 444 g/mol. The summed E-state index contributed by atoms with van der Waals surface area (Å²) in [6, 6.07) is 5.98. The van der Waals surface area contributed by atoms with Crippen molar-refractivity contribution in [1.82, 2.24) is 9.21 Å². The fraction of sp³-hybridized carbons (Fsp3) is 0.708. The van der Waals surface area contributed by atoms with Crippen molar-refractivity contribution in [3.05, 3.63) is 29.8 Å². The zero-order valence-corrected chi connectivity index (χ0v) is 20.6. The predicted octanol–water partition coefficient (Wildman–Crippen LogP) is 2.78. The molecule has 2 saturated heterocycles. The Morgan fingerprint density at radius 2 is 1.82 bits per heavy atom. The lowest BCUT2D eigenvalue weighted by atomic mass is 9.98. The molecular formula is C24H36N2O6S. The SMILES string of the molecule is Cc1ccc(S(=O)(=O)N2[C@H](C(C)C)COC[C@@H]2C2(OC(=O)N3CCC(CO)CC3)CC2)cc1. The van der Waals surface area contributed by atoms with Crippen LogP contribution in [0.1, 0.15) is 45.1 Å². The molecule has 2 atom stereocenters. The van der Waals surface area contributed by atoms with Gasteiger partial charge in [0, 0.05) is 19.7 Å². The maximum atomic E-state index is 13.9. The van der Waals surface area contributed by atoms with Crippen molar-refractivity contribution in [3.63, 3.8) is 0 Å². The highest BCUT2D eigenvalue weighted by Crippen LogP contribution is 2.48. The van der Waals surface area contributed by atoms with Gasteiger partial charge >= 0.3 is 6.09 Å². The molecule has 33 heavy (non-hydrogen) atoms. The van der Waals surface area contributed by atoms with E-state index in [4.69, 9.17) is 9.47 Å². The van der Waals surface area contributed by atoms with E-state index in [1.807, 2.05) is 20.8 Å². The third-order valence-corrected chi connectivity index (χ3v) is 9.28. The quantitative estimate of drug-likeness (QED) is 0.673. The van der Waals surface area contributed by atoms with Crippen molar-refractivity contribution in [1.29, 1.82) is 0 Å². The van der Waals surface area contributed by atoms with Crippen LogP contribution in [0.2, 0.25) is 0 Å². The second-order valence-electron chi connectivity index (χ2n) is 10.1. The third-order valence-electron chi connectivity index (χ3n) is 7.34. The lowest BCUT2D eigenvalue weighted by molar-refractivity contribution is -0.0807. The second-order valence-corrected chi connectivity index (χ2v) is 11.9. The first kappa shape index (κ1) is 24.4. The molecule has 8 nitrogen and oxygen atoms in total. The summed E-state index contributed by atoms with van der Waals surface area (Å²) in [7, 11) is -3.82. The smallest absolute Gasteiger partial charge is 0.410 e. The van der Waals surface area contributed by atoms with Gasteiger partial charge in [-0.05, 0) is 56.6 Å². The molecule has 184 valence electrons. The molecule has 3 fully saturated rings. The van der Waals surface area contributed by atoms with Crippen molar-refractivity contribution >= 4 is 16.1 Å². The highest BCUT2D eigenvalue weighted by atomic mass is 32.2. The van der Waals surface area contributed by atoms with Crippen LogP contribution in [0.25, 0.3) is 0 Å². The molecule has 9 heteroatoms. The summed E-state index contributed by atoms with van der Waals surface area (Å²) in [6.45, 7) is 7.65. The van der Waals surface area contributed by atoms with Crippen molar-refractivity contribution in [2.45, 2.75) is 69.0 Å². The second kappa shape index (κ2) is 9.52. The summed E-state index contributed by atoms with van der Waals surface area (Å²) in [6.07, 6.45) is 2.32. The summed E-state index contributed by atoms with van der Waals surface area (Å²) in [4.78, 5) is 14.9. The van der Waals surface area contributed by atoms with E-state index >= 15 is 0 Å². The molecule has 1 amide bonds. The van der Waals surface area contributed by atoms with E-state index in [2.05, 4.69) is 0 Å². The van der Waals surface area contributed by atoms with Crippen LogP contribution in [0.5, 0.6) is 0 Å². The van der Waals surface area contributed by atoms with E-state index in [0.717, 1.165) is 18.4 Å². The van der Waals surface area contributed by atoms with Gasteiger partial charge in [0.2, 0.25) is 10.0 Å². The number of hydrogen-bond donors (Lipinski definition) is 1. The number of morpholine rings is 1. The number of piperidine rings is 1. The average molecular weight is 481 g/mol. The molecule has 1 saturated carbocycles. The molecule has 0 unspecified atom stereocenters. The number of amides is 1. The molecule has 3 aliphatic rings. The third kappa shape index (κ3) is 4.92. The van der Waals surface area contributed by atoms with Crippen LogP contribution in [0, 0.1) is 18.8 Å². The number of hydrogen-bond acceptors (Lipinski definition) is 6. The Balaban J connectivity index is 1.59. The summed E-state index contributed by atoms with van der Waals surface area (Å²) in [5, 5.41) is 9.36. The molecule has 0 radical (unpaired) electrons. The molecule has 2 aliphatic heterocycles. The minimum Gasteiger partial charge on any atom is -0.441 e. The van der Waals surface area contributed by atoms with Crippen molar-refractivity contribution in [2.75, 3.05) is 32.9 Å². The Labute approximate surface area is 196 Å². The number of aliphatic hydroxyl groups excluding tert-OH is 1. The van der Waals surface area contributed by atoms with Crippen LogP contribution >= 0.6 is 0 Å². The predicted molar refractivity (Wildman–Crippen MR) is 123 cm³/mol. The normalized spacial score (nSPS) is 26.4. The van der Waals surface area contributed by atoms with E-state index < -0.39 is 27.8 Å². The highest BCUT2D eigenvalue weighted by Gasteiger charge is 2.60. The highest BCUT2D eigenvalue weighted by molar-refractivity contribution is 7.89. The van der Waals surface area contributed by atoms with Gasteiger partial charge in [0.1, 0.15) is 5.60 Å². The van der Waals surface area contributed by atoms with Crippen LogP contribution in [0.3, 0.4) is 0 Å². The van der Waals surface area contributed by atoms with Gasteiger partial charge in [0.15, 0.2) is 0 Å². The van der Waals surface area contributed by atoms with Gasteiger partial charge in [-0.25, -0.2) is 13.2 Å². The van der Waals surface area contributed by atoms with Crippen LogP contribution < -0.4 is 0 Å². The van der Waals surface area contributed by atoms with Gasteiger partial charge in [-0.2, -0.15) is 4.31 Å². The zero-order valence-electron chi connectivity index (χ0n) is 19.8. The lowest BCUT2D eigenvalue weighted by Gasteiger charge is -2.45. The number of aliphatic hydroxyl groups is 1. The Morgan fingerprint density at radius 1 is 1.18 bits per heavy atom. The lowest BCUT2D eigenvalue weighted by Crippen LogP contribution is -2.62. The Bertz CT molecular complexity index is 936. The Hall–Kier alpha value is -1.68. The summed E-state index contributed by atoms with van der Waals surface area (Å²) >= 11 is 0. The van der Waals surface area contributed by atoms with Crippen LogP contribution in [0.4, 0.5) is 4.79 Å². The van der Waals surface area contributed by atoms with Crippen LogP contribution in [0.15, 0.2) is 29.2 Å². The maximum Gasteiger partial charge on any atom is 0.410 e. The molecule has 0 bridgehead atoms. The fourth-order valence-electron chi connectivity index (χ4n) is 4.89. The number of benzene rings is 1. The van der Waals surface area contributed by atoms with E-state index in [1.165, 1.54) is 0 Å². The maximum absolute atomic E-state index is 13.9. The number of nitrogens with zero attached hydrogens (tertiary/aromatic N) is 2. The first-order valence-corrected chi connectivity index (χ1v) is 13.4. The van der Waals surface area contributed by atoms with Crippen LogP contribution in [-0.2, 0) is 19.5 Å². The summed E-state index contributed by atoms with van der Waals surface area (Å²) < 4.78 is 41.2. The molecule has 1 aromatic rings. The van der Waals surface area contributed by atoms with E-state index in [-0.39, 0.29) is 36.0 Å². The Morgan fingerprint density at radius 3 is 2.36 bits per heavy atom. The largest absolute Gasteiger partial charge is 0.441 e. The number of aryl methyl sites for hydroxylation is 1. The molecule has 2 heterocycles. The molecule has 1 aromatic carbocycles. The molecule has 1 N–H and O–H groups in total. The number of carbonyl (C=O) groups excluding carboxylic acids is 1. The molecule has 1 aliphatic carbocycles. The van der Waals surface area contributed by atoms with E-state index in [0.29, 0.717) is 32.5 Å². The molecule has 0 spiro atoms. The van der Waals surface area contributed by atoms with Crippen LogP contribution in [-0.4, -0.2) is 79.4 Å². The minimum atomic E-state index is -3.82. The van der Waals surface area contributed by atoms with E-state index in [9.17, 15) is 18.3 Å². The van der Waals surface area contributed by atoms with Gasteiger partial charge in [-0.15, -0.1) is 0 Å². The minimum absolute atomic E-state index is 0.0389. The van der Waals surface area contributed by atoms with Gasteiger partial charge in [-0.3, -0.25) is 0 Å². The van der Waals surface area contributed by atoms with E-state index in [1.54, 1.807) is 33.5 Å². The van der Waals surface area contributed by atoms with Crippen molar-refractivity contribution in [3.8, 4) is 0 Å². The monoisotopic (exact) mass is 480 g/mol. The summed E-state index contributed by atoms with van der Waals surface area (Å²) in [5.41, 5.74) is 0.126. The first-order valence-electron chi connectivity index (χ1n) is 11.9. The standard InChI is InChI=1S/C24H36N2O6S/c1-17(2)21-15-31-16-22(26(21)33(29,30)20-6-4-18(3)5-7-20)24(10-11-24)32-23(28)25-12-8-19(14-27)9-13-25/h4-7,17,19,21-22,27H,8-16H2,1-3H3/t21-,22+/m0/s1. The summed E-state index contributed by atoms with van der Waals surface area (Å²) in [5.74, 6) is 0.259. The van der Waals surface area contributed by atoms with Crippen molar-refractivity contribution in [2.24, 2.45) is 11.8 Å². The van der Waals surface area contributed by atoms with Gasteiger partial charge in [0.25, 0.3) is 0 Å². The number of sulfonamides is 1. The van der Waals surface area contributed by atoms with Gasteiger partial charge < -0.3 is 19.5 Å². The molecule has 4 rings (SSSR count). The number of carbonyl (C=O) groups is 1. The number of ether oxygens (including phenoxy) is 2. The Kier molecular flexibility index (Phi) is 7.05. The number of rotatable bonds is 6. The van der Waals surface area contributed by atoms with Gasteiger partial charge in [0.05, 0.1) is 30.2 Å². The molecule has 0 aromatic heterocycles. The average Bonchev–Trinajstić information content (AvgIpc) is 3.59. The first-order chi connectivity index (χ1) is 15.7. The fourth-order valence-corrected chi connectivity index (χ4v) is 6.86. The van der Waals surface area contributed by atoms with Crippen molar-refractivity contribution < 1.29 is 27.8 Å². The van der Waals surface area contributed by atoms with Gasteiger partial charge in [-0.1, -0.05) is 31.5 Å².